The Balaban J connectivity index is 2.40. The minimum absolute atomic E-state index is 0.170. The van der Waals surface area contributed by atoms with Crippen LogP contribution in [0.15, 0.2) is 24.3 Å². The molecule has 1 rings (SSSR count). The lowest BCUT2D eigenvalue weighted by Gasteiger charge is -2.14. The number of benzene rings is 1. The maximum Gasteiger partial charge on any atom is 0.416 e. The highest BCUT2D eigenvalue weighted by molar-refractivity contribution is 5.78. The molecule has 0 aliphatic heterocycles. The zero-order valence-corrected chi connectivity index (χ0v) is 13.4. The Morgan fingerprint density at radius 2 is 2.00 bits per heavy atom. The van der Waals surface area contributed by atoms with Gasteiger partial charge in [-0.3, -0.25) is 4.79 Å². The smallest absolute Gasteiger partial charge is 0.383 e. The summed E-state index contributed by atoms with van der Waals surface area (Å²) in [6.45, 7) is 4.08. The Labute approximate surface area is 134 Å². The van der Waals surface area contributed by atoms with Crippen molar-refractivity contribution in [1.29, 1.82) is 0 Å². The summed E-state index contributed by atoms with van der Waals surface area (Å²) in [5, 5.41) is 5.85. The first kappa shape index (κ1) is 19.4. The number of ether oxygens (including phenoxy) is 1. The molecule has 1 amide bonds. The normalized spacial score (nSPS) is 12.9. The average molecular weight is 332 g/mol. The van der Waals surface area contributed by atoms with Crippen molar-refractivity contribution in [2.75, 3.05) is 33.4 Å². The van der Waals surface area contributed by atoms with Crippen LogP contribution in [0.3, 0.4) is 0 Å². The first-order chi connectivity index (χ1) is 10.8. The van der Waals surface area contributed by atoms with E-state index in [0.29, 0.717) is 31.8 Å². The van der Waals surface area contributed by atoms with Crippen molar-refractivity contribution >= 4 is 5.91 Å². The summed E-state index contributed by atoms with van der Waals surface area (Å²) in [5.41, 5.74) is -0.189. The van der Waals surface area contributed by atoms with Crippen LogP contribution < -0.4 is 10.6 Å². The van der Waals surface area contributed by atoms with Crippen molar-refractivity contribution in [2.45, 2.75) is 19.5 Å². The topological polar surface area (TPSA) is 50.4 Å². The van der Waals surface area contributed by atoms with E-state index in [1.165, 1.54) is 6.07 Å². The molecule has 0 aromatic heterocycles. The van der Waals surface area contributed by atoms with Gasteiger partial charge in [0.2, 0.25) is 5.91 Å². The number of nitrogens with one attached hydrogen (secondary N) is 2. The molecule has 130 valence electrons. The molecule has 0 bridgehead atoms. The second kappa shape index (κ2) is 9.52. The first-order valence-corrected chi connectivity index (χ1v) is 7.48. The minimum atomic E-state index is -4.37. The van der Waals surface area contributed by atoms with E-state index in [1.807, 2.05) is 0 Å². The van der Waals surface area contributed by atoms with Crippen LogP contribution >= 0.6 is 0 Å². The van der Waals surface area contributed by atoms with E-state index in [0.717, 1.165) is 12.1 Å². The molecule has 0 aliphatic rings. The summed E-state index contributed by atoms with van der Waals surface area (Å²) in [6.07, 6.45) is -4.10. The molecule has 0 fully saturated rings. The van der Waals surface area contributed by atoms with Crippen molar-refractivity contribution in [3.05, 3.63) is 35.4 Å². The van der Waals surface area contributed by atoms with Gasteiger partial charge in [-0.25, -0.2) is 0 Å². The molecule has 1 unspecified atom stereocenters. The van der Waals surface area contributed by atoms with Gasteiger partial charge in [-0.2, -0.15) is 13.2 Å². The Hall–Kier alpha value is -1.60. The van der Waals surface area contributed by atoms with Gasteiger partial charge in [0.15, 0.2) is 0 Å². The number of hydrogen-bond donors (Lipinski definition) is 2. The van der Waals surface area contributed by atoms with Gasteiger partial charge in [0.05, 0.1) is 12.2 Å². The van der Waals surface area contributed by atoms with Crippen LogP contribution in [0.25, 0.3) is 0 Å². The van der Waals surface area contributed by atoms with Crippen molar-refractivity contribution < 1.29 is 22.7 Å². The number of methoxy groups -OCH3 is 1. The Kier molecular flexibility index (Phi) is 8.05. The zero-order chi connectivity index (χ0) is 17.3. The van der Waals surface area contributed by atoms with Crippen LogP contribution in [-0.4, -0.2) is 39.3 Å². The molecule has 23 heavy (non-hydrogen) atoms. The maximum atomic E-state index is 12.7. The molecule has 1 aromatic rings. The Morgan fingerprint density at radius 3 is 2.65 bits per heavy atom. The molecule has 0 saturated heterocycles. The highest BCUT2D eigenvalue weighted by Crippen LogP contribution is 2.29. The molecule has 7 heteroatoms. The van der Waals surface area contributed by atoms with Crippen LogP contribution in [0.5, 0.6) is 0 Å². The lowest BCUT2D eigenvalue weighted by atomic mass is 9.98. The molecule has 0 aliphatic carbocycles. The average Bonchev–Trinajstić information content (AvgIpc) is 2.50. The van der Waals surface area contributed by atoms with Gasteiger partial charge in [0.25, 0.3) is 0 Å². The largest absolute Gasteiger partial charge is 0.416 e. The predicted octanol–water partition coefficient (Wildman–Crippen LogP) is 2.24. The number of hydrogen-bond acceptors (Lipinski definition) is 3. The molecule has 0 heterocycles. The third kappa shape index (κ3) is 7.47. The number of halogens is 3. The van der Waals surface area contributed by atoms with Crippen LogP contribution in [-0.2, 0) is 22.1 Å². The molecular formula is C16H23F3N2O2. The van der Waals surface area contributed by atoms with Gasteiger partial charge in [-0.1, -0.05) is 25.1 Å². The van der Waals surface area contributed by atoms with E-state index >= 15 is 0 Å². The zero-order valence-electron chi connectivity index (χ0n) is 13.4. The van der Waals surface area contributed by atoms with Crippen molar-refractivity contribution in [2.24, 2.45) is 5.92 Å². The van der Waals surface area contributed by atoms with Crippen LogP contribution in [0.2, 0.25) is 0 Å². The molecule has 0 radical (unpaired) electrons. The fourth-order valence-corrected chi connectivity index (χ4v) is 2.07. The third-order valence-corrected chi connectivity index (χ3v) is 3.33. The van der Waals surface area contributed by atoms with Crippen LogP contribution in [0.1, 0.15) is 18.1 Å². The first-order valence-electron chi connectivity index (χ1n) is 7.48. The van der Waals surface area contributed by atoms with E-state index < -0.39 is 17.7 Å². The summed E-state index contributed by atoms with van der Waals surface area (Å²) in [6, 6.07) is 5.09. The lowest BCUT2D eigenvalue weighted by molar-refractivity contribution is -0.137. The van der Waals surface area contributed by atoms with Gasteiger partial charge >= 0.3 is 6.18 Å². The van der Waals surface area contributed by atoms with Crippen molar-refractivity contribution in [3.63, 3.8) is 0 Å². The monoisotopic (exact) mass is 332 g/mol. The molecule has 0 spiro atoms. The fraction of sp³-hybridized carbons (Fsp3) is 0.562. The number of rotatable bonds is 9. The third-order valence-electron chi connectivity index (χ3n) is 3.33. The van der Waals surface area contributed by atoms with Gasteiger partial charge in [-0.05, 0) is 18.1 Å². The summed E-state index contributed by atoms with van der Waals surface area (Å²) in [5.74, 6) is -0.562. The van der Waals surface area contributed by atoms with Crippen LogP contribution in [0, 0.1) is 5.92 Å². The van der Waals surface area contributed by atoms with E-state index in [9.17, 15) is 18.0 Å². The summed E-state index contributed by atoms with van der Waals surface area (Å²) in [7, 11) is 1.61. The highest BCUT2D eigenvalue weighted by atomic mass is 19.4. The molecule has 0 saturated carbocycles. The van der Waals surface area contributed by atoms with Crippen molar-refractivity contribution in [3.8, 4) is 0 Å². The van der Waals surface area contributed by atoms with E-state index in [2.05, 4.69) is 10.6 Å². The van der Waals surface area contributed by atoms with Gasteiger partial charge in [-0.15, -0.1) is 0 Å². The second-order valence-corrected chi connectivity index (χ2v) is 5.34. The minimum Gasteiger partial charge on any atom is -0.383 e. The van der Waals surface area contributed by atoms with Gasteiger partial charge in [0.1, 0.15) is 0 Å². The Morgan fingerprint density at radius 1 is 1.26 bits per heavy atom. The lowest BCUT2D eigenvalue weighted by Crippen LogP contribution is -2.36. The van der Waals surface area contributed by atoms with Crippen LogP contribution in [0.4, 0.5) is 13.2 Å². The molecule has 2 N–H and O–H groups in total. The number of alkyl halides is 3. The number of carbonyl (C=O) groups is 1. The second-order valence-electron chi connectivity index (χ2n) is 5.34. The molecular weight excluding hydrogens is 309 g/mol. The highest BCUT2D eigenvalue weighted by Gasteiger charge is 2.30. The standard InChI is InChI=1S/C16H23F3N2O2/c1-12(15(22)21-7-6-20-8-9-23-2)10-13-4-3-5-14(11-13)16(17,18)19/h3-5,11-12,20H,6-10H2,1-2H3,(H,21,22). The molecule has 4 nitrogen and oxygen atoms in total. The van der Waals surface area contributed by atoms with E-state index in [4.69, 9.17) is 4.74 Å². The fourth-order valence-electron chi connectivity index (χ4n) is 2.07. The summed E-state index contributed by atoms with van der Waals surface area (Å²) in [4.78, 5) is 11.9. The Bertz CT molecular complexity index is 492. The molecule has 1 atom stereocenters. The summed E-state index contributed by atoms with van der Waals surface area (Å²) >= 11 is 0. The van der Waals surface area contributed by atoms with E-state index in [1.54, 1.807) is 20.1 Å². The quantitative estimate of drug-likeness (QED) is 0.682. The number of carbonyl (C=O) groups excluding carboxylic acids is 1. The SMILES string of the molecule is COCCNCCNC(=O)C(C)Cc1cccc(C(F)(F)F)c1. The predicted molar refractivity (Wildman–Crippen MR) is 82.1 cm³/mol. The van der Waals surface area contributed by atoms with Gasteiger partial charge in [0, 0.05) is 32.7 Å². The van der Waals surface area contributed by atoms with Gasteiger partial charge < -0.3 is 15.4 Å². The summed E-state index contributed by atoms with van der Waals surface area (Å²) < 4.78 is 42.9. The number of amides is 1. The van der Waals surface area contributed by atoms with Crippen molar-refractivity contribution in [1.82, 2.24) is 10.6 Å². The maximum absolute atomic E-state index is 12.7. The van der Waals surface area contributed by atoms with E-state index in [-0.39, 0.29) is 12.3 Å². The molecule has 1 aromatic carbocycles.